The second kappa shape index (κ2) is 7.71. The molecule has 2 aromatic rings. The molecule has 1 amide bonds. The SMILES string of the molecule is O=C(NO)C1(O)N(S(=O)(=O)c2ccc(Oc3ccccc3)cc2)CCCC1(O)O. The molecule has 156 valence electrons. The van der Waals surface area contributed by atoms with Crippen molar-refractivity contribution in [3.05, 3.63) is 54.6 Å². The molecule has 29 heavy (non-hydrogen) atoms. The summed E-state index contributed by atoms with van der Waals surface area (Å²) in [5.74, 6) is -3.91. The predicted molar refractivity (Wildman–Crippen MR) is 98.1 cm³/mol. The minimum Gasteiger partial charge on any atom is -0.457 e. The number of amides is 1. The number of rotatable bonds is 5. The van der Waals surface area contributed by atoms with E-state index in [1.54, 1.807) is 24.3 Å². The summed E-state index contributed by atoms with van der Waals surface area (Å²) in [5, 5.41) is 39.7. The van der Waals surface area contributed by atoms with Gasteiger partial charge in [0.05, 0.1) is 4.90 Å². The molecule has 3 rings (SSSR count). The Kier molecular flexibility index (Phi) is 5.63. The van der Waals surface area contributed by atoms with Gasteiger partial charge >= 0.3 is 0 Å². The Morgan fingerprint density at radius 1 is 1.00 bits per heavy atom. The van der Waals surface area contributed by atoms with Gasteiger partial charge in [0.2, 0.25) is 15.8 Å². The molecule has 10 nitrogen and oxygen atoms in total. The van der Waals surface area contributed by atoms with Gasteiger partial charge in [0.15, 0.2) is 0 Å². The molecule has 0 bridgehead atoms. The number of sulfonamides is 1. The molecule has 5 N–H and O–H groups in total. The van der Waals surface area contributed by atoms with Gasteiger partial charge in [0, 0.05) is 13.0 Å². The molecule has 0 spiro atoms. The van der Waals surface area contributed by atoms with Crippen LogP contribution in [-0.4, -0.2) is 57.2 Å². The van der Waals surface area contributed by atoms with Gasteiger partial charge in [0.1, 0.15) is 11.5 Å². The first-order valence-corrected chi connectivity index (χ1v) is 10.0. The van der Waals surface area contributed by atoms with E-state index in [9.17, 15) is 28.5 Å². The summed E-state index contributed by atoms with van der Waals surface area (Å²) in [7, 11) is -4.55. The van der Waals surface area contributed by atoms with E-state index in [0.717, 1.165) is 5.48 Å². The fourth-order valence-electron chi connectivity index (χ4n) is 3.10. The molecule has 1 saturated heterocycles. The molecule has 1 atom stereocenters. The summed E-state index contributed by atoms with van der Waals surface area (Å²) in [4.78, 5) is 11.7. The molecule has 0 saturated carbocycles. The lowest BCUT2D eigenvalue weighted by Gasteiger charge is -2.47. The van der Waals surface area contributed by atoms with Gasteiger partial charge in [0.25, 0.3) is 11.6 Å². The number of piperidine rings is 1. The highest BCUT2D eigenvalue weighted by Gasteiger charge is 2.64. The molecule has 1 heterocycles. The number of hydrogen-bond donors (Lipinski definition) is 5. The van der Waals surface area contributed by atoms with Crippen LogP contribution >= 0.6 is 0 Å². The number of ether oxygens (including phenoxy) is 1. The van der Waals surface area contributed by atoms with Crippen LogP contribution in [0.4, 0.5) is 0 Å². The summed E-state index contributed by atoms with van der Waals surface area (Å²) in [6, 6.07) is 13.9. The van der Waals surface area contributed by atoms with Gasteiger partial charge in [-0.25, -0.2) is 13.9 Å². The predicted octanol–water partition coefficient (Wildman–Crippen LogP) is 0.138. The monoisotopic (exact) mass is 424 g/mol. The zero-order chi connectivity index (χ0) is 21.3. The molecular formula is C18H20N2O8S. The van der Waals surface area contributed by atoms with E-state index in [1.807, 2.05) is 6.07 Å². The molecule has 0 radical (unpaired) electrons. The average Bonchev–Trinajstić information content (AvgIpc) is 2.70. The van der Waals surface area contributed by atoms with E-state index in [-0.39, 0.29) is 22.2 Å². The van der Waals surface area contributed by atoms with Crippen LogP contribution in [0.2, 0.25) is 0 Å². The molecule has 1 aliphatic heterocycles. The smallest absolute Gasteiger partial charge is 0.297 e. The van der Waals surface area contributed by atoms with E-state index >= 15 is 0 Å². The lowest BCUT2D eigenvalue weighted by Crippen LogP contribution is -2.74. The van der Waals surface area contributed by atoms with Gasteiger partial charge < -0.3 is 20.1 Å². The van der Waals surface area contributed by atoms with Crippen molar-refractivity contribution in [1.29, 1.82) is 0 Å². The van der Waals surface area contributed by atoms with Crippen LogP contribution in [0.15, 0.2) is 59.5 Å². The lowest BCUT2D eigenvalue weighted by atomic mass is 9.92. The number of carbonyl (C=O) groups is 1. The third-order valence-corrected chi connectivity index (χ3v) is 6.51. The van der Waals surface area contributed by atoms with Gasteiger partial charge in [-0.15, -0.1) is 0 Å². The molecule has 11 heteroatoms. The number of hydrogen-bond acceptors (Lipinski definition) is 8. The number of hydroxylamine groups is 1. The van der Waals surface area contributed by atoms with Gasteiger partial charge in [-0.05, 0) is 42.8 Å². The standard InChI is InChI=1S/C18H20N2O8S/c21-16(19-25)18(24)17(22,23)11-4-12-20(18)29(26,27)15-9-7-14(8-10-15)28-13-5-2-1-3-6-13/h1-3,5-10,22-25H,4,11-12H2,(H,19,21). The third-order valence-electron chi connectivity index (χ3n) is 4.61. The quantitative estimate of drug-likeness (QED) is 0.258. The lowest BCUT2D eigenvalue weighted by molar-refractivity contribution is -0.313. The Balaban J connectivity index is 1.93. The van der Waals surface area contributed by atoms with Crippen molar-refractivity contribution in [2.24, 2.45) is 0 Å². The molecule has 1 unspecified atom stereocenters. The van der Waals surface area contributed by atoms with Crippen LogP contribution in [-0.2, 0) is 14.8 Å². The maximum Gasteiger partial charge on any atom is 0.297 e. The Labute approximate surface area is 166 Å². The number of nitrogens with zero attached hydrogens (tertiary/aromatic N) is 1. The van der Waals surface area contributed by atoms with E-state index in [2.05, 4.69) is 0 Å². The minimum atomic E-state index is -4.55. The van der Waals surface area contributed by atoms with Crippen molar-refractivity contribution in [3.8, 4) is 11.5 Å². The van der Waals surface area contributed by atoms with E-state index in [0.29, 0.717) is 11.5 Å². The van der Waals surface area contributed by atoms with Crippen molar-refractivity contribution in [3.63, 3.8) is 0 Å². The number of benzene rings is 2. The number of para-hydroxylation sites is 1. The van der Waals surface area contributed by atoms with Crippen LogP contribution in [0, 0.1) is 0 Å². The molecule has 0 aliphatic carbocycles. The van der Waals surface area contributed by atoms with Crippen LogP contribution < -0.4 is 10.2 Å². The van der Waals surface area contributed by atoms with Crippen molar-refractivity contribution in [1.82, 2.24) is 9.79 Å². The molecule has 1 aliphatic rings. The van der Waals surface area contributed by atoms with Crippen molar-refractivity contribution < 1.29 is 38.5 Å². The number of nitrogens with one attached hydrogen (secondary N) is 1. The van der Waals surface area contributed by atoms with Crippen LogP contribution in [0.5, 0.6) is 11.5 Å². The fourth-order valence-corrected chi connectivity index (χ4v) is 4.78. The minimum absolute atomic E-state index is 0.0392. The Morgan fingerprint density at radius 2 is 1.59 bits per heavy atom. The third kappa shape index (κ3) is 3.71. The van der Waals surface area contributed by atoms with Gasteiger partial charge in [-0.2, -0.15) is 4.31 Å². The Bertz CT molecular complexity index is 979. The summed E-state index contributed by atoms with van der Waals surface area (Å²) in [6.45, 7) is -0.378. The molecular weight excluding hydrogens is 404 g/mol. The maximum atomic E-state index is 13.0. The maximum absolute atomic E-state index is 13.0. The van der Waals surface area contributed by atoms with Crippen LogP contribution in [0.3, 0.4) is 0 Å². The van der Waals surface area contributed by atoms with Crippen molar-refractivity contribution in [2.45, 2.75) is 29.2 Å². The van der Waals surface area contributed by atoms with Crippen LogP contribution in [0.1, 0.15) is 12.8 Å². The van der Waals surface area contributed by atoms with Crippen molar-refractivity contribution >= 4 is 15.9 Å². The Morgan fingerprint density at radius 3 is 2.17 bits per heavy atom. The van der Waals surface area contributed by atoms with Gasteiger partial charge in [-0.1, -0.05) is 18.2 Å². The first-order valence-electron chi connectivity index (χ1n) is 8.60. The highest BCUT2D eigenvalue weighted by atomic mass is 32.2. The zero-order valence-corrected chi connectivity index (χ0v) is 15.9. The number of carbonyl (C=O) groups excluding carboxylic acids is 1. The van der Waals surface area contributed by atoms with E-state index in [4.69, 9.17) is 9.94 Å². The van der Waals surface area contributed by atoms with Crippen molar-refractivity contribution in [2.75, 3.05) is 6.54 Å². The van der Waals surface area contributed by atoms with Crippen LogP contribution in [0.25, 0.3) is 0 Å². The largest absolute Gasteiger partial charge is 0.457 e. The second-order valence-electron chi connectivity index (χ2n) is 6.50. The van der Waals surface area contributed by atoms with Gasteiger partial charge in [-0.3, -0.25) is 10.0 Å². The first kappa shape index (κ1) is 21.2. The zero-order valence-electron chi connectivity index (χ0n) is 15.1. The summed E-state index contributed by atoms with van der Waals surface area (Å²) in [5.41, 5.74) is -2.24. The highest BCUT2D eigenvalue weighted by Crippen LogP contribution is 2.38. The Hall–Kier alpha value is -2.54. The summed E-state index contributed by atoms with van der Waals surface area (Å²) in [6.07, 6.45) is -0.519. The normalized spacial score (nSPS) is 22.1. The molecule has 2 aromatic carbocycles. The first-order chi connectivity index (χ1) is 13.6. The topological polar surface area (TPSA) is 157 Å². The molecule has 0 aromatic heterocycles. The summed E-state index contributed by atoms with van der Waals surface area (Å²) < 4.78 is 31.9. The number of aliphatic hydroxyl groups is 3. The van der Waals surface area contributed by atoms with E-state index < -0.39 is 33.9 Å². The average molecular weight is 424 g/mol. The fraction of sp³-hybridized carbons (Fsp3) is 0.278. The summed E-state index contributed by atoms with van der Waals surface area (Å²) >= 11 is 0. The highest BCUT2D eigenvalue weighted by molar-refractivity contribution is 7.89. The van der Waals surface area contributed by atoms with E-state index in [1.165, 1.54) is 24.3 Å². The molecule has 1 fully saturated rings. The second-order valence-corrected chi connectivity index (χ2v) is 8.36.